The van der Waals surface area contributed by atoms with Crippen LogP contribution in [0.5, 0.6) is 0 Å². The molecule has 0 rings (SSSR count). The summed E-state index contributed by atoms with van der Waals surface area (Å²) in [5, 5.41) is 0. The summed E-state index contributed by atoms with van der Waals surface area (Å²) in [6.07, 6.45) is 57.7. The SMILES string of the molecule is CC/C=C/C=C/C=C/CCCCCCCC(=O)OC(COC(=O)CCCCCCCC/C=C/C=C/CCCCC)COC(=O)CCCCCCCCCCCCCCC. The Morgan fingerprint density at radius 2 is 0.661 bits per heavy atom. The molecule has 6 heteroatoms. The molecule has 0 aliphatic heterocycles. The quantitative estimate of drug-likeness (QED) is 0.0263. The van der Waals surface area contributed by atoms with E-state index in [2.05, 4.69) is 81.5 Å². The number of hydrogen-bond acceptors (Lipinski definition) is 6. The van der Waals surface area contributed by atoms with Gasteiger partial charge in [-0.25, -0.2) is 0 Å². The average molecular weight is 825 g/mol. The summed E-state index contributed by atoms with van der Waals surface area (Å²) >= 11 is 0. The fraction of sp³-hybridized carbons (Fsp3) is 0.755. The van der Waals surface area contributed by atoms with Crippen molar-refractivity contribution in [2.24, 2.45) is 0 Å². The number of rotatable bonds is 44. The lowest BCUT2D eigenvalue weighted by molar-refractivity contribution is -0.167. The van der Waals surface area contributed by atoms with Gasteiger partial charge in [-0.1, -0.05) is 216 Å². The highest BCUT2D eigenvalue weighted by Crippen LogP contribution is 2.15. The van der Waals surface area contributed by atoms with Crippen molar-refractivity contribution in [3.8, 4) is 0 Å². The number of ether oxygens (including phenoxy) is 3. The minimum Gasteiger partial charge on any atom is -0.462 e. The first-order valence-electron chi connectivity index (χ1n) is 24.8. The molecule has 0 aliphatic rings. The number of hydrogen-bond donors (Lipinski definition) is 0. The molecule has 6 nitrogen and oxygen atoms in total. The van der Waals surface area contributed by atoms with Crippen molar-refractivity contribution in [3.63, 3.8) is 0 Å². The molecule has 0 saturated heterocycles. The molecule has 0 radical (unpaired) electrons. The van der Waals surface area contributed by atoms with Crippen LogP contribution in [0.3, 0.4) is 0 Å². The molecule has 0 spiro atoms. The van der Waals surface area contributed by atoms with E-state index in [1.165, 1.54) is 109 Å². The normalized spacial score (nSPS) is 12.5. The first-order valence-corrected chi connectivity index (χ1v) is 24.8. The fourth-order valence-electron chi connectivity index (χ4n) is 6.84. The predicted octanol–water partition coefficient (Wildman–Crippen LogP) is 16.1. The fourth-order valence-corrected chi connectivity index (χ4v) is 6.84. The Hall–Kier alpha value is -2.89. The summed E-state index contributed by atoms with van der Waals surface area (Å²) in [7, 11) is 0. The third kappa shape index (κ3) is 46.0. The van der Waals surface area contributed by atoms with Crippen LogP contribution in [0.4, 0.5) is 0 Å². The van der Waals surface area contributed by atoms with Crippen LogP contribution in [-0.4, -0.2) is 37.2 Å². The van der Waals surface area contributed by atoms with Crippen molar-refractivity contribution in [1.29, 1.82) is 0 Å². The van der Waals surface area contributed by atoms with E-state index in [1.54, 1.807) is 0 Å². The van der Waals surface area contributed by atoms with Gasteiger partial charge in [0.2, 0.25) is 0 Å². The minimum absolute atomic E-state index is 0.0850. The maximum atomic E-state index is 12.8. The van der Waals surface area contributed by atoms with Crippen LogP contribution in [0.1, 0.15) is 239 Å². The molecule has 59 heavy (non-hydrogen) atoms. The second-order valence-electron chi connectivity index (χ2n) is 16.4. The third-order valence-electron chi connectivity index (χ3n) is 10.6. The smallest absolute Gasteiger partial charge is 0.306 e. The first-order chi connectivity index (χ1) is 29.0. The second kappa shape index (κ2) is 47.8. The van der Waals surface area contributed by atoms with Gasteiger partial charge in [0.1, 0.15) is 13.2 Å². The van der Waals surface area contributed by atoms with E-state index in [4.69, 9.17) is 14.2 Å². The summed E-state index contributed by atoms with van der Waals surface area (Å²) in [5.74, 6) is -0.915. The van der Waals surface area contributed by atoms with E-state index >= 15 is 0 Å². The molecule has 0 aromatic rings. The zero-order valence-corrected chi connectivity index (χ0v) is 38.8. The van der Waals surface area contributed by atoms with E-state index in [1.807, 2.05) is 0 Å². The zero-order chi connectivity index (χ0) is 43.0. The van der Waals surface area contributed by atoms with Crippen LogP contribution in [0.15, 0.2) is 60.8 Å². The van der Waals surface area contributed by atoms with Gasteiger partial charge in [0.25, 0.3) is 0 Å². The molecule has 1 unspecified atom stereocenters. The average Bonchev–Trinajstić information content (AvgIpc) is 3.23. The number of unbranched alkanes of at least 4 members (excludes halogenated alkanes) is 26. The van der Waals surface area contributed by atoms with Crippen LogP contribution in [-0.2, 0) is 28.6 Å². The van der Waals surface area contributed by atoms with Crippen LogP contribution in [0.25, 0.3) is 0 Å². The van der Waals surface area contributed by atoms with Crippen LogP contribution in [0, 0.1) is 0 Å². The summed E-state index contributed by atoms with van der Waals surface area (Å²) in [4.78, 5) is 37.9. The van der Waals surface area contributed by atoms with Gasteiger partial charge in [0.15, 0.2) is 6.10 Å². The Morgan fingerprint density at radius 1 is 0.356 bits per heavy atom. The highest BCUT2D eigenvalue weighted by atomic mass is 16.6. The van der Waals surface area contributed by atoms with E-state index < -0.39 is 6.10 Å². The summed E-state index contributed by atoms with van der Waals surface area (Å²) < 4.78 is 16.7. The predicted molar refractivity (Wildman–Crippen MR) is 251 cm³/mol. The van der Waals surface area contributed by atoms with Gasteiger partial charge in [-0.2, -0.15) is 0 Å². The Kier molecular flexibility index (Phi) is 45.4. The largest absolute Gasteiger partial charge is 0.462 e. The van der Waals surface area contributed by atoms with Gasteiger partial charge in [-0.05, 0) is 64.2 Å². The molecule has 0 amide bonds. The molecule has 0 aromatic heterocycles. The van der Waals surface area contributed by atoms with Crippen LogP contribution >= 0.6 is 0 Å². The monoisotopic (exact) mass is 825 g/mol. The Bertz CT molecular complexity index is 1090. The molecule has 0 bridgehead atoms. The lowest BCUT2D eigenvalue weighted by atomic mass is 10.0. The van der Waals surface area contributed by atoms with E-state index in [-0.39, 0.29) is 31.1 Å². The molecule has 0 N–H and O–H groups in total. The maximum absolute atomic E-state index is 12.8. The molecule has 0 aliphatic carbocycles. The van der Waals surface area contributed by atoms with Crippen molar-refractivity contribution >= 4 is 17.9 Å². The molecule has 1 atom stereocenters. The Morgan fingerprint density at radius 3 is 1.07 bits per heavy atom. The highest BCUT2D eigenvalue weighted by molar-refractivity contribution is 5.71. The Labute approximate surface area is 364 Å². The summed E-state index contributed by atoms with van der Waals surface area (Å²) in [5.41, 5.74) is 0. The molecule has 0 aromatic carbocycles. The zero-order valence-electron chi connectivity index (χ0n) is 38.8. The topological polar surface area (TPSA) is 78.9 Å². The lowest BCUT2D eigenvalue weighted by Crippen LogP contribution is -2.30. The Balaban J connectivity index is 4.42. The van der Waals surface area contributed by atoms with Gasteiger partial charge in [-0.15, -0.1) is 0 Å². The van der Waals surface area contributed by atoms with Crippen LogP contribution in [0.2, 0.25) is 0 Å². The number of esters is 3. The highest BCUT2D eigenvalue weighted by Gasteiger charge is 2.19. The van der Waals surface area contributed by atoms with Crippen molar-refractivity contribution in [3.05, 3.63) is 60.8 Å². The standard InChI is InChI=1S/C53H92O6/c1-4-7-10-13-16-19-22-25-26-29-31-34-37-40-43-46-52(55)58-49-50(59-53(56)47-44-41-38-35-32-28-24-21-18-15-12-9-6-3)48-57-51(54)45-42-39-36-33-30-27-23-20-17-14-11-8-5-2/h9,12,15-16,18-19,21-22,24-25,50H,4-8,10-11,13-14,17,20,23,26-49H2,1-3H3/b12-9+,18-15+,19-16+,24-21+,25-22+. The van der Waals surface area contributed by atoms with E-state index in [0.29, 0.717) is 19.3 Å². The lowest BCUT2D eigenvalue weighted by Gasteiger charge is -2.18. The van der Waals surface area contributed by atoms with Crippen molar-refractivity contribution in [2.75, 3.05) is 13.2 Å². The van der Waals surface area contributed by atoms with Gasteiger partial charge >= 0.3 is 17.9 Å². The molecule has 0 fully saturated rings. The van der Waals surface area contributed by atoms with Gasteiger partial charge in [-0.3, -0.25) is 14.4 Å². The molecular weight excluding hydrogens is 733 g/mol. The van der Waals surface area contributed by atoms with E-state index in [0.717, 1.165) is 89.9 Å². The summed E-state index contributed by atoms with van der Waals surface area (Å²) in [6.45, 7) is 6.45. The first kappa shape index (κ1) is 56.1. The molecule has 340 valence electrons. The summed E-state index contributed by atoms with van der Waals surface area (Å²) in [6, 6.07) is 0. The van der Waals surface area contributed by atoms with Gasteiger partial charge in [0, 0.05) is 19.3 Å². The van der Waals surface area contributed by atoms with E-state index in [9.17, 15) is 14.4 Å². The van der Waals surface area contributed by atoms with Crippen LogP contribution < -0.4 is 0 Å². The maximum Gasteiger partial charge on any atom is 0.306 e. The second-order valence-corrected chi connectivity index (χ2v) is 16.4. The number of carbonyl (C=O) groups excluding carboxylic acids is 3. The molecular formula is C53H92O6. The number of carbonyl (C=O) groups is 3. The van der Waals surface area contributed by atoms with Crippen molar-refractivity contribution < 1.29 is 28.6 Å². The third-order valence-corrected chi connectivity index (χ3v) is 10.6. The molecule has 0 heterocycles. The van der Waals surface area contributed by atoms with Gasteiger partial charge < -0.3 is 14.2 Å². The molecule has 0 saturated carbocycles. The van der Waals surface area contributed by atoms with Crippen molar-refractivity contribution in [1.82, 2.24) is 0 Å². The minimum atomic E-state index is -0.786. The van der Waals surface area contributed by atoms with Crippen molar-refractivity contribution in [2.45, 2.75) is 245 Å². The van der Waals surface area contributed by atoms with Gasteiger partial charge in [0.05, 0.1) is 0 Å². The number of allylic oxidation sites excluding steroid dienone is 10.